The molecule has 0 atom stereocenters. The van der Waals surface area contributed by atoms with Gasteiger partial charge in [0, 0.05) is 31.9 Å². The number of rotatable bonds is 8. The number of unbranched alkanes of at least 4 members (excludes halogenated alkanes) is 1. The van der Waals surface area contributed by atoms with Crippen molar-refractivity contribution in [2.24, 2.45) is 5.73 Å². The number of nitrogens with two attached hydrogens (primary N) is 1. The Morgan fingerprint density at radius 2 is 1.82 bits per heavy atom. The minimum atomic E-state index is 0.284. The zero-order valence-electron chi connectivity index (χ0n) is 10.7. The average molecular weight is 236 g/mol. The van der Waals surface area contributed by atoms with E-state index in [1.807, 2.05) is 0 Å². The van der Waals surface area contributed by atoms with Crippen LogP contribution in [0.5, 0.6) is 0 Å². The lowest BCUT2D eigenvalue weighted by Crippen LogP contribution is -2.25. The molecule has 3 heteroatoms. The Morgan fingerprint density at radius 1 is 1.12 bits per heavy atom. The summed E-state index contributed by atoms with van der Waals surface area (Å²) in [6, 6.07) is 8.45. The van der Waals surface area contributed by atoms with Crippen molar-refractivity contribution in [2.75, 3.05) is 24.6 Å². The molecule has 1 aromatic carbocycles. The smallest absolute Gasteiger partial charge is 0.0431 e. The molecule has 0 aliphatic rings. The third kappa shape index (κ3) is 4.75. The molecule has 1 rings (SSSR count). The molecule has 0 fully saturated rings. The minimum absolute atomic E-state index is 0.284. The fraction of sp³-hybridized carbons (Fsp3) is 0.571. The molecule has 0 spiro atoms. The van der Waals surface area contributed by atoms with E-state index in [-0.39, 0.29) is 6.61 Å². The van der Waals surface area contributed by atoms with Gasteiger partial charge in [-0.1, -0.05) is 19.1 Å². The van der Waals surface area contributed by atoms with E-state index in [0.29, 0.717) is 6.54 Å². The lowest BCUT2D eigenvalue weighted by Gasteiger charge is -2.24. The Hall–Kier alpha value is -1.06. The Bertz CT molecular complexity index is 298. The average Bonchev–Trinajstić information content (AvgIpc) is 2.38. The summed E-state index contributed by atoms with van der Waals surface area (Å²) < 4.78 is 0. The third-order valence-corrected chi connectivity index (χ3v) is 2.87. The van der Waals surface area contributed by atoms with Crippen molar-refractivity contribution in [3.05, 3.63) is 29.8 Å². The predicted octanol–water partition coefficient (Wildman–Crippen LogP) is 2.13. The molecular formula is C14H24N2O. The Labute approximate surface area is 104 Å². The molecule has 0 saturated heterocycles. The number of aliphatic hydroxyl groups excluding tert-OH is 1. The molecule has 3 N–H and O–H groups in total. The van der Waals surface area contributed by atoms with Crippen LogP contribution >= 0.6 is 0 Å². The Kier molecular flexibility index (Phi) is 6.67. The van der Waals surface area contributed by atoms with Crippen molar-refractivity contribution >= 4 is 5.69 Å². The monoisotopic (exact) mass is 236 g/mol. The predicted molar refractivity (Wildman–Crippen MR) is 73.2 cm³/mol. The first-order chi connectivity index (χ1) is 8.31. The first kappa shape index (κ1) is 14.0. The van der Waals surface area contributed by atoms with E-state index in [4.69, 9.17) is 10.8 Å². The normalized spacial score (nSPS) is 10.5. The quantitative estimate of drug-likeness (QED) is 0.680. The van der Waals surface area contributed by atoms with E-state index < -0.39 is 0 Å². The van der Waals surface area contributed by atoms with Crippen LogP contribution in [0.3, 0.4) is 0 Å². The molecule has 0 saturated carbocycles. The second-order valence-electron chi connectivity index (χ2n) is 4.29. The first-order valence-corrected chi connectivity index (χ1v) is 6.46. The molecule has 3 nitrogen and oxygen atoms in total. The van der Waals surface area contributed by atoms with E-state index in [9.17, 15) is 0 Å². The zero-order valence-corrected chi connectivity index (χ0v) is 10.7. The van der Waals surface area contributed by atoms with Crippen LogP contribution in [0.4, 0.5) is 5.69 Å². The van der Waals surface area contributed by atoms with Crippen molar-refractivity contribution in [1.82, 2.24) is 0 Å². The van der Waals surface area contributed by atoms with Gasteiger partial charge in [0.15, 0.2) is 0 Å². The van der Waals surface area contributed by atoms with Gasteiger partial charge < -0.3 is 15.7 Å². The maximum absolute atomic E-state index is 8.82. The lowest BCUT2D eigenvalue weighted by molar-refractivity contribution is 0.285. The molecule has 96 valence electrons. The summed E-state index contributed by atoms with van der Waals surface area (Å²) in [5.74, 6) is 0. The van der Waals surface area contributed by atoms with Gasteiger partial charge in [-0.3, -0.25) is 0 Å². The zero-order chi connectivity index (χ0) is 12.5. The summed E-state index contributed by atoms with van der Waals surface area (Å²) >= 11 is 0. The Balaban J connectivity index is 2.60. The van der Waals surface area contributed by atoms with Crippen LogP contribution in [0.1, 0.15) is 31.7 Å². The topological polar surface area (TPSA) is 49.5 Å². The summed E-state index contributed by atoms with van der Waals surface area (Å²) in [5.41, 5.74) is 8.01. The SMILES string of the molecule is CCCN(CCCCO)c1ccc(CN)cc1. The number of benzene rings is 1. The minimum Gasteiger partial charge on any atom is -0.396 e. The third-order valence-electron chi connectivity index (χ3n) is 2.87. The number of hydrogen-bond donors (Lipinski definition) is 2. The van der Waals surface area contributed by atoms with Crippen molar-refractivity contribution in [3.8, 4) is 0 Å². The van der Waals surface area contributed by atoms with E-state index in [1.54, 1.807) is 0 Å². The molecule has 0 radical (unpaired) electrons. The second-order valence-corrected chi connectivity index (χ2v) is 4.29. The van der Waals surface area contributed by atoms with Crippen LogP contribution in [0.2, 0.25) is 0 Å². The Morgan fingerprint density at radius 3 is 2.35 bits per heavy atom. The van der Waals surface area contributed by atoms with Gasteiger partial charge in [0.1, 0.15) is 0 Å². The van der Waals surface area contributed by atoms with E-state index in [2.05, 4.69) is 36.1 Å². The molecule has 0 bridgehead atoms. The van der Waals surface area contributed by atoms with Gasteiger partial charge >= 0.3 is 0 Å². The van der Waals surface area contributed by atoms with Gasteiger partial charge in [0.05, 0.1) is 0 Å². The van der Waals surface area contributed by atoms with Crippen LogP contribution in [0.25, 0.3) is 0 Å². The van der Waals surface area contributed by atoms with Crippen molar-refractivity contribution in [1.29, 1.82) is 0 Å². The van der Waals surface area contributed by atoms with Crippen LogP contribution in [-0.2, 0) is 6.54 Å². The highest BCUT2D eigenvalue weighted by molar-refractivity contribution is 5.47. The van der Waals surface area contributed by atoms with Gasteiger partial charge in [-0.25, -0.2) is 0 Å². The summed E-state index contributed by atoms with van der Waals surface area (Å²) in [5, 5.41) is 8.82. The van der Waals surface area contributed by atoms with E-state index in [1.165, 1.54) is 11.3 Å². The molecular weight excluding hydrogens is 212 g/mol. The molecule has 0 aromatic heterocycles. The first-order valence-electron chi connectivity index (χ1n) is 6.46. The molecule has 0 aliphatic carbocycles. The van der Waals surface area contributed by atoms with Gasteiger partial charge in [0.25, 0.3) is 0 Å². The van der Waals surface area contributed by atoms with Crippen LogP contribution < -0.4 is 10.6 Å². The molecule has 0 heterocycles. The summed E-state index contributed by atoms with van der Waals surface area (Å²) in [4.78, 5) is 2.37. The van der Waals surface area contributed by atoms with Crippen molar-refractivity contribution in [2.45, 2.75) is 32.7 Å². The number of hydrogen-bond acceptors (Lipinski definition) is 3. The van der Waals surface area contributed by atoms with Crippen LogP contribution in [0.15, 0.2) is 24.3 Å². The fourth-order valence-electron chi connectivity index (χ4n) is 1.90. The maximum atomic E-state index is 8.82. The summed E-state index contributed by atoms with van der Waals surface area (Å²) in [6.45, 7) is 5.14. The highest BCUT2D eigenvalue weighted by Crippen LogP contribution is 2.16. The van der Waals surface area contributed by atoms with Crippen LogP contribution in [0, 0.1) is 0 Å². The van der Waals surface area contributed by atoms with Gasteiger partial charge in [-0.05, 0) is 37.0 Å². The van der Waals surface area contributed by atoms with Crippen molar-refractivity contribution < 1.29 is 5.11 Å². The molecule has 0 unspecified atom stereocenters. The highest BCUT2D eigenvalue weighted by atomic mass is 16.2. The maximum Gasteiger partial charge on any atom is 0.0431 e. The molecule has 0 aliphatic heterocycles. The number of aliphatic hydroxyl groups is 1. The molecule has 0 amide bonds. The number of anilines is 1. The standard InChI is InChI=1S/C14H24N2O/c1-2-9-16(10-3-4-11-17)14-7-5-13(12-15)6-8-14/h5-8,17H,2-4,9-12,15H2,1H3. The number of nitrogens with zero attached hydrogens (tertiary/aromatic N) is 1. The van der Waals surface area contributed by atoms with Gasteiger partial charge in [0.2, 0.25) is 0 Å². The molecule has 1 aromatic rings. The van der Waals surface area contributed by atoms with Crippen molar-refractivity contribution in [3.63, 3.8) is 0 Å². The van der Waals surface area contributed by atoms with E-state index >= 15 is 0 Å². The summed E-state index contributed by atoms with van der Waals surface area (Å²) in [7, 11) is 0. The second kappa shape index (κ2) is 8.09. The summed E-state index contributed by atoms with van der Waals surface area (Å²) in [6.07, 6.45) is 3.05. The lowest BCUT2D eigenvalue weighted by atomic mass is 10.2. The van der Waals surface area contributed by atoms with Crippen LogP contribution in [-0.4, -0.2) is 24.8 Å². The van der Waals surface area contributed by atoms with E-state index in [0.717, 1.165) is 32.4 Å². The van der Waals surface area contributed by atoms with Gasteiger partial charge in [-0.2, -0.15) is 0 Å². The fourth-order valence-corrected chi connectivity index (χ4v) is 1.90. The largest absolute Gasteiger partial charge is 0.396 e. The highest BCUT2D eigenvalue weighted by Gasteiger charge is 2.04. The molecule has 17 heavy (non-hydrogen) atoms. The van der Waals surface area contributed by atoms with Gasteiger partial charge in [-0.15, -0.1) is 0 Å².